The lowest BCUT2D eigenvalue weighted by atomic mass is 10.2. The third-order valence-electron chi connectivity index (χ3n) is 5.45. The average molecular weight is 626 g/mol. The molecule has 10 nitrogen and oxygen atoms in total. The number of rotatable bonds is 14. The van der Waals surface area contributed by atoms with Crippen LogP contribution in [-0.4, -0.2) is 54.3 Å². The summed E-state index contributed by atoms with van der Waals surface area (Å²) in [5, 5.41) is 16.1. The monoisotopic (exact) mass is 625 g/mol. The second-order valence-corrected chi connectivity index (χ2v) is 11.1. The predicted octanol–water partition coefficient (Wildman–Crippen LogP) is 5.72. The first-order valence-electron chi connectivity index (χ1n) is 12.8. The number of carbonyl (C=O) groups is 2. The molecule has 0 aliphatic rings. The summed E-state index contributed by atoms with van der Waals surface area (Å²) in [5.41, 5.74) is 3.65. The lowest BCUT2D eigenvalue weighted by Gasteiger charge is -2.12. The van der Waals surface area contributed by atoms with Crippen molar-refractivity contribution in [3.63, 3.8) is 0 Å². The first-order valence-corrected chi connectivity index (χ1v) is 15.0. The van der Waals surface area contributed by atoms with Gasteiger partial charge in [0.1, 0.15) is 10.8 Å². The number of aromatic nitrogens is 2. The zero-order chi connectivity index (χ0) is 29.7. The third kappa shape index (κ3) is 9.47. The molecule has 0 spiro atoms. The van der Waals surface area contributed by atoms with Crippen LogP contribution in [0.5, 0.6) is 17.2 Å². The highest BCUT2D eigenvalue weighted by Crippen LogP contribution is 2.29. The normalized spacial score (nSPS) is 10.8. The third-order valence-corrected chi connectivity index (χ3v) is 7.51. The number of ether oxygens (including phenoxy) is 3. The number of methoxy groups -OCH3 is 1. The first kappa shape index (κ1) is 30.8. The number of halogens is 1. The number of carbonyl (C=O) groups excluding carboxylic acids is 2. The van der Waals surface area contributed by atoms with Gasteiger partial charge in [-0.25, -0.2) is 5.43 Å². The van der Waals surface area contributed by atoms with E-state index in [0.29, 0.717) is 46.1 Å². The van der Waals surface area contributed by atoms with Crippen LogP contribution in [0.3, 0.4) is 0 Å². The summed E-state index contributed by atoms with van der Waals surface area (Å²) in [6.07, 6.45) is 1.47. The van der Waals surface area contributed by atoms with Gasteiger partial charge in [0.25, 0.3) is 5.91 Å². The summed E-state index contributed by atoms with van der Waals surface area (Å²) < 4.78 is 16.8. The molecular weight excluding hydrogens is 598 g/mol. The van der Waals surface area contributed by atoms with E-state index in [-0.39, 0.29) is 23.4 Å². The van der Waals surface area contributed by atoms with Crippen LogP contribution >= 0.6 is 34.7 Å². The number of nitrogens with one attached hydrogen (secondary N) is 2. The van der Waals surface area contributed by atoms with Crippen molar-refractivity contribution in [2.24, 2.45) is 5.10 Å². The Hall–Kier alpha value is -4.13. The molecule has 0 bridgehead atoms. The van der Waals surface area contributed by atoms with Gasteiger partial charge in [0, 0.05) is 21.2 Å². The number of hydrogen-bond acceptors (Lipinski definition) is 10. The highest BCUT2D eigenvalue weighted by Gasteiger charge is 2.13. The minimum absolute atomic E-state index is 0.0432. The van der Waals surface area contributed by atoms with Gasteiger partial charge in [0.15, 0.2) is 11.5 Å². The second-order valence-electron chi connectivity index (χ2n) is 8.44. The van der Waals surface area contributed by atoms with Gasteiger partial charge in [0.2, 0.25) is 11.0 Å². The van der Waals surface area contributed by atoms with Crippen LogP contribution in [0.2, 0.25) is 5.02 Å². The lowest BCUT2D eigenvalue weighted by molar-refractivity contribution is -0.120. The molecule has 0 aliphatic heterocycles. The van der Waals surface area contributed by atoms with Gasteiger partial charge in [-0.05, 0) is 79.2 Å². The van der Waals surface area contributed by atoms with E-state index < -0.39 is 0 Å². The lowest BCUT2D eigenvalue weighted by Crippen LogP contribution is -2.19. The highest BCUT2D eigenvalue weighted by molar-refractivity contribution is 7.99. The molecule has 0 fully saturated rings. The molecule has 0 unspecified atom stereocenters. The Morgan fingerprint density at radius 2 is 1.81 bits per heavy atom. The van der Waals surface area contributed by atoms with Crippen LogP contribution in [0, 0.1) is 0 Å². The van der Waals surface area contributed by atoms with Gasteiger partial charge < -0.3 is 14.2 Å². The molecule has 0 aliphatic carbocycles. The maximum Gasteiger partial charge on any atom is 0.257 e. The smallest absolute Gasteiger partial charge is 0.257 e. The fourth-order valence-electron chi connectivity index (χ4n) is 3.48. The van der Waals surface area contributed by atoms with Crippen molar-refractivity contribution in [2.75, 3.05) is 31.4 Å². The van der Waals surface area contributed by atoms with E-state index in [1.54, 1.807) is 49.2 Å². The topological polar surface area (TPSA) is 124 Å². The number of hydrazone groups is 1. The summed E-state index contributed by atoms with van der Waals surface area (Å²) in [7, 11) is 1.55. The zero-order valence-corrected chi connectivity index (χ0v) is 25.2. The molecule has 13 heteroatoms. The summed E-state index contributed by atoms with van der Waals surface area (Å²) in [4.78, 5) is 25.9. The summed E-state index contributed by atoms with van der Waals surface area (Å²) in [6, 6.07) is 19.8. The zero-order valence-electron chi connectivity index (χ0n) is 22.8. The Morgan fingerprint density at radius 1 is 1.02 bits per heavy atom. The average Bonchev–Trinajstić information content (AvgIpc) is 3.43. The minimum Gasteiger partial charge on any atom is -0.497 e. The number of amides is 2. The van der Waals surface area contributed by atoms with Crippen LogP contribution in [0.15, 0.2) is 76.7 Å². The Morgan fingerprint density at radius 3 is 2.55 bits per heavy atom. The Bertz CT molecular complexity index is 1510. The summed E-state index contributed by atoms with van der Waals surface area (Å²) >= 11 is 8.72. The Labute approximate surface area is 256 Å². The van der Waals surface area contributed by atoms with Crippen LogP contribution in [0.25, 0.3) is 0 Å². The van der Waals surface area contributed by atoms with Crippen molar-refractivity contribution in [2.45, 2.75) is 18.2 Å². The quantitative estimate of drug-likeness (QED) is 0.0790. The second kappa shape index (κ2) is 15.8. The van der Waals surface area contributed by atoms with E-state index in [4.69, 9.17) is 25.8 Å². The summed E-state index contributed by atoms with van der Waals surface area (Å²) in [6.45, 7) is 2.86. The molecule has 0 saturated carbocycles. The number of anilines is 1. The van der Waals surface area contributed by atoms with Gasteiger partial charge in [-0.2, -0.15) is 5.10 Å². The van der Waals surface area contributed by atoms with Crippen LogP contribution < -0.4 is 25.0 Å². The van der Waals surface area contributed by atoms with E-state index in [0.717, 1.165) is 27.5 Å². The molecule has 0 saturated heterocycles. The molecular formula is C29H28ClN5O5S2. The number of benzene rings is 3. The standard InChI is InChI=1S/C29H28ClN5O5S2/c1-3-39-25-16-19(4-13-24(25)40-14-15-41-23-11-7-21(30)8-12-23)18-31-33-26(36)17-27-34-35-29(42-27)32-28(37)20-5-9-22(38-2)10-6-20/h4-13,16,18H,3,14-15,17H2,1-2H3,(H,33,36)(H,32,35,37)/b31-18-. The Kier molecular flexibility index (Phi) is 11.6. The number of hydrogen-bond donors (Lipinski definition) is 2. The number of thioether (sulfide) groups is 1. The van der Waals surface area contributed by atoms with Crippen molar-refractivity contribution >= 4 is 57.9 Å². The van der Waals surface area contributed by atoms with Crippen molar-refractivity contribution in [1.82, 2.24) is 15.6 Å². The van der Waals surface area contributed by atoms with Crippen molar-refractivity contribution < 1.29 is 23.8 Å². The molecule has 1 aromatic heterocycles. The van der Waals surface area contributed by atoms with Crippen molar-refractivity contribution in [3.05, 3.63) is 87.9 Å². The van der Waals surface area contributed by atoms with E-state index in [2.05, 4.69) is 26.0 Å². The van der Waals surface area contributed by atoms with E-state index >= 15 is 0 Å². The maximum atomic E-state index is 12.4. The van der Waals surface area contributed by atoms with E-state index in [1.165, 1.54) is 6.21 Å². The van der Waals surface area contributed by atoms with E-state index in [9.17, 15) is 9.59 Å². The minimum atomic E-state index is -0.376. The van der Waals surface area contributed by atoms with Gasteiger partial charge in [-0.15, -0.1) is 22.0 Å². The molecule has 1 heterocycles. The van der Waals surface area contributed by atoms with Gasteiger partial charge in [-0.1, -0.05) is 22.9 Å². The van der Waals surface area contributed by atoms with Gasteiger partial charge >= 0.3 is 0 Å². The largest absolute Gasteiger partial charge is 0.497 e. The van der Waals surface area contributed by atoms with Gasteiger partial charge in [0.05, 0.1) is 33.0 Å². The summed E-state index contributed by atoms with van der Waals surface area (Å²) in [5.74, 6) is 1.90. The first-order chi connectivity index (χ1) is 20.4. The molecule has 42 heavy (non-hydrogen) atoms. The SMILES string of the molecule is CCOc1cc(/C=N\NC(=O)Cc2nnc(NC(=O)c3ccc(OC)cc3)s2)ccc1OCCSc1ccc(Cl)cc1. The molecule has 218 valence electrons. The molecule has 0 radical (unpaired) electrons. The number of nitrogens with zero attached hydrogens (tertiary/aromatic N) is 3. The van der Waals surface area contributed by atoms with Crippen molar-refractivity contribution in [1.29, 1.82) is 0 Å². The maximum absolute atomic E-state index is 12.4. The molecule has 0 atom stereocenters. The molecule has 2 N–H and O–H groups in total. The molecule has 2 amide bonds. The highest BCUT2D eigenvalue weighted by atomic mass is 35.5. The van der Waals surface area contributed by atoms with Crippen LogP contribution in [0.4, 0.5) is 5.13 Å². The van der Waals surface area contributed by atoms with Crippen molar-refractivity contribution in [3.8, 4) is 17.2 Å². The van der Waals surface area contributed by atoms with Crippen LogP contribution in [-0.2, 0) is 11.2 Å². The van der Waals surface area contributed by atoms with E-state index in [1.807, 2.05) is 43.3 Å². The molecule has 4 aromatic rings. The van der Waals surface area contributed by atoms with Gasteiger partial charge in [-0.3, -0.25) is 14.9 Å². The Balaban J connectivity index is 1.24. The fraction of sp³-hybridized carbons (Fsp3) is 0.207. The fourth-order valence-corrected chi connectivity index (χ4v) is 5.07. The predicted molar refractivity (Wildman–Crippen MR) is 166 cm³/mol. The van der Waals surface area contributed by atoms with Crippen LogP contribution in [0.1, 0.15) is 27.9 Å². The molecule has 3 aromatic carbocycles. The molecule has 4 rings (SSSR count).